The lowest BCUT2D eigenvalue weighted by Crippen LogP contribution is -2.11. The molecule has 26 heavy (non-hydrogen) atoms. The third-order valence-corrected chi connectivity index (χ3v) is 3.94. The number of carbonyl (C=O) groups is 2. The molecule has 1 aromatic carbocycles. The van der Waals surface area contributed by atoms with Crippen LogP contribution in [-0.2, 0) is 25.7 Å². The second kappa shape index (κ2) is 12.0. The van der Waals surface area contributed by atoms with Crippen LogP contribution in [0.4, 0.5) is 5.69 Å². The summed E-state index contributed by atoms with van der Waals surface area (Å²) >= 11 is 0. The average molecular weight is 365 g/mol. The van der Waals surface area contributed by atoms with E-state index in [4.69, 9.17) is 9.47 Å². The molecule has 1 rings (SSSR count). The number of ether oxygens (including phenoxy) is 2. The molecule has 0 spiro atoms. The van der Waals surface area contributed by atoms with E-state index in [-0.39, 0.29) is 25.1 Å². The van der Waals surface area contributed by atoms with Crippen molar-refractivity contribution in [1.82, 2.24) is 0 Å². The van der Waals surface area contributed by atoms with Gasteiger partial charge in [0, 0.05) is 5.56 Å². The van der Waals surface area contributed by atoms with E-state index in [1.807, 2.05) is 0 Å². The third-order valence-electron chi connectivity index (χ3n) is 3.94. The molecule has 0 aliphatic carbocycles. The van der Waals surface area contributed by atoms with Crippen molar-refractivity contribution in [1.29, 1.82) is 0 Å². The predicted molar refractivity (Wildman–Crippen MR) is 96.6 cm³/mol. The van der Waals surface area contributed by atoms with E-state index in [0.29, 0.717) is 17.7 Å². The number of rotatable bonds is 12. The maximum absolute atomic E-state index is 11.7. The number of hydrogen-bond acceptors (Lipinski definition) is 6. The van der Waals surface area contributed by atoms with Crippen molar-refractivity contribution in [3.8, 4) is 0 Å². The standard InChI is InChI=1S/C19H27NO6/c1-3-4-5-6-7-13-25-17(21)11-12-18(22)26-14-16-10-8-9-15(2)19(16)20(23)24/h8-10H,3-7,11-14H2,1-2H3. The van der Waals surface area contributed by atoms with Gasteiger partial charge in [0.25, 0.3) is 5.69 Å². The average Bonchev–Trinajstić information content (AvgIpc) is 2.60. The monoisotopic (exact) mass is 365 g/mol. The first-order valence-electron chi connectivity index (χ1n) is 8.99. The minimum atomic E-state index is -0.583. The van der Waals surface area contributed by atoms with E-state index in [9.17, 15) is 19.7 Å². The second-order valence-electron chi connectivity index (χ2n) is 6.14. The van der Waals surface area contributed by atoms with Gasteiger partial charge in [-0.15, -0.1) is 0 Å². The molecule has 0 unspecified atom stereocenters. The molecule has 7 nitrogen and oxygen atoms in total. The van der Waals surface area contributed by atoms with Crippen molar-refractivity contribution < 1.29 is 24.0 Å². The van der Waals surface area contributed by atoms with Crippen LogP contribution in [0.15, 0.2) is 18.2 Å². The Bertz CT molecular complexity index is 614. The Labute approximate surface area is 153 Å². The largest absolute Gasteiger partial charge is 0.466 e. The van der Waals surface area contributed by atoms with Crippen LogP contribution in [0.1, 0.15) is 63.0 Å². The zero-order chi connectivity index (χ0) is 19.4. The molecule has 7 heteroatoms. The van der Waals surface area contributed by atoms with E-state index in [1.54, 1.807) is 25.1 Å². The highest BCUT2D eigenvalue weighted by Crippen LogP contribution is 2.23. The fourth-order valence-electron chi connectivity index (χ4n) is 2.50. The number of para-hydroxylation sites is 1. The lowest BCUT2D eigenvalue weighted by Gasteiger charge is -2.07. The SMILES string of the molecule is CCCCCCCOC(=O)CCC(=O)OCc1cccc(C)c1[N+](=O)[O-]. The summed E-state index contributed by atoms with van der Waals surface area (Å²) in [6, 6.07) is 4.84. The minimum absolute atomic E-state index is 0.0519. The number of unbranched alkanes of at least 4 members (excludes halogenated alkanes) is 4. The first-order valence-corrected chi connectivity index (χ1v) is 8.99. The Morgan fingerprint density at radius 3 is 2.35 bits per heavy atom. The predicted octanol–water partition coefficient (Wildman–Crippen LogP) is 4.24. The summed E-state index contributed by atoms with van der Waals surface area (Å²) in [6.07, 6.45) is 5.17. The summed E-state index contributed by atoms with van der Waals surface area (Å²) in [6.45, 7) is 3.94. The summed E-state index contributed by atoms with van der Waals surface area (Å²) in [5.74, 6) is -1.01. The van der Waals surface area contributed by atoms with E-state index < -0.39 is 16.9 Å². The van der Waals surface area contributed by atoms with Crippen LogP contribution >= 0.6 is 0 Å². The quantitative estimate of drug-likeness (QED) is 0.238. The lowest BCUT2D eigenvalue weighted by molar-refractivity contribution is -0.386. The van der Waals surface area contributed by atoms with Gasteiger partial charge in [0.15, 0.2) is 0 Å². The molecule has 0 saturated heterocycles. The topological polar surface area (TPSA) is 95.7 Å². The first kappa shape index (κ1) is 21.6. The van der Waals surface area contributed by atoms with Crippen molar-refractivity contribution in [3.63, 3.8) is 0 Å². The first-order chi connectivity index (χ1) is 12.5. The van der Waals surface area contributed by atoms with Crippen molar-refractivity contribution in [2.75, 3.05) is 6.61 Å². The molecule has 0 saturated carbocycles. The van der Waals surface area contributed by atoms with Gasteiger partial charge in [-0.3, -0.25) is 19.7 Å². The number of benzene rings is 1. The molecule has 0 bridgehead atoms. The van der Waals surface area contributed by atoms with Crippen LogP contribution in [0, 0.1) is 17.0 Å². The van der Waals surface area contributed by atoms with Crippen LogP contribution < -0.4 is 0 Å². The highest BCUT2D eigenvalue weighted by atomic mass is 16.6. The van der Waals surface area contributed by atoms with Crippen molar-refractivity contribution >= 4 is 17.6 Å². The zero-order valence-electron chi connectivity index (χ0n) is 15.5. The van der Waals surface area contributed by atoms with Crippen molar-refractivity contribution in [2.45, 2.75) is 65.4 Å². The fraction of sp³-hybridized carbons (Fsp3) is 0.579. The molecule has 1 aromatic rings. The summed E-state index contributed by atoms with van der Waals surface area (Å²) in [5.41, 5.74) is 0.784. The van der Waals surface area contributed by atoms with Gasteiger partial charge in [0.2, 0.25) is 0 Å². The number of nitrogens with zero attached hydrogens (tertiary/aromatic N) is 1. The van der Waals surface area contributed by atoms with Crippen LogP contribution in [-0.4, -0.2) is 23.5 Å². The summed E-state index contributed by atoms with van der Waals surface area (Å²) in [4.78, 5) is 33.9. The molecular formula is C19H27NO6. The molecule has 0 heterocycles. The van der Waals surface area contributed by atoms with Gasteiger partial charge >= 0.3 is 11.9 Å². The van der Waals surface area contributed by atoms with Gasteiger partial charge in [0.1, 0.15) is 6.61 Å². The Morgan fingerprint density at radius 2 is 1.69 bits per heavy atom. The lowest BCUT2D eigenvalue weighted by atomic mass is 10.1. The highest BCUT2D eigenvalue weighted by Gasteiger charge is 2.18. The summed E-state index contributed by atoms with van der Waals surface area (Å²) in [7, 11) is 0. The number of nitro benzene ring substituents is 1. The molecule has 0 fully saturated rings. The molecular weight excluding hydrogens is 338 g/mol. The zero-order valence-corrected chi connectivity index (χ0v) is 15.5. The molecule has 144 valence electrons. The van der Waals surface area contributed by atoms with E-state index in [1.165, 1.54) is 6.42 Å². The van der Waals surface area contributed by atoms with Crippen LogP contribution in [0.5, 0.6) is 0 Å². The fourth-order valence-corrected chi connectivity index (χ4v) is 2.50. The third kappa shape index (κ3) is 8.09. The van der Waals surface area contributed by atoms with Crippen LogP contribution in [0.25, 0.3) is 0 Å². The second-order valence-corrected chi connectivity index (χ2v) is 6.14. The Morgan fingerprint density at radius 1 is 1.04 bits per heavy atom. The molecule has 0 aromatic heterocycles. The molecule has 0 atom stereocenters. The molecule has 0 N–H and O–H groups in total. The van der Waals surface area contributed by atoms with E-state index >= 15 is 0 Å². The minimum Gasteiger partial charge on any atom is -0.466 e. The number of nitro groups is 1. The normalized spacial score (nSPS) is 10.4. The summed E-state index contributed by atoms with van der Waals surface area (Å²) < 4.78 is 10.1. The number of aryl methyl sites for hydroxylation is 1. The van der Waals surface area contributed by atoms with Crippen molar-refractivity contribution in [2.24, 2.45) is 0 Å². The Hall–Kier alpha value is -2.44. The number of esters is 2. The smallest absolute Gasteiger partial charge is 0.306 e. The molecule has 0 aliphatic heterocycles. The Balaban J connectivity index is 2.28. The van der Waals surface area contributed by atoms with Gasteiger partial charge in [-0.05, 0) is 19.4 Å². The van der Waals surface area contributed by atoms with Gasteiger partial charge in [-0.1, -0.05) is 44.7 Å². The van der Waals surface area contributed by atoms with E-state index in [0.717, 1.165) is 25.7 Å². The van der Waals surface area contributed by atoms with Gasteiger partial charge in [-0.25, -0.2) is 0 Å². The Kier molecular flexibility index (Phi) is 9.97. The van der Waals surface area contributed by atoms with Crippen LogP contribution in [0.2, 0.25) is 0 Å². The number of carbonyl (C=O) groups excluding carboxylic acids is 2. The maximum Gasteiger partial charge on any atom is 0.306 e. The van der Waals surface area contributed by atoms with Gasteiger partial charge < -0.3 is 9.47 Å². The molecule has 0 radical (unpaired) electrons. The van der Waals surface area contributed by atoms with Gasteiger partial charge in [0.05, 0.1) is 29.9 Å². The summed E-state index contributed by atoms with van der Waals surface area (Å²) in [5, 5.41) is 11.1. The molecule has 0 amide bonds. The van der Waals surface area contributed by atoms with Crippen LogP contribution in [0.3, 0.4) is 0 Å². The van der Waals surface area contributed by atoms with Gasteiger partial charge in [-0.2, -0.15) is 0 Å². The highest BCUT2D eigenvalue weighted by molar-refractivity contribution is 5.77. The van der Waals surface area contributed by atoms with E-state index in [2.05, 4.69) is 6.92 Å². The molecule has 0 aliphatic rings. The van der Waals surface area contributed by atoms with Crippen molar-refractivity contribution in [3.05, 3.63) is 39.4 Å². The maximum atomic E-state index is 11.7. The number of hydrogen-bond donors (Lipinski definition) is 0.